The molecule has 1 aliphatic heterocycles. The first-order chi connectivity index (χ1) is 17.9. The van der Waals surface area contributed by atoms with Crippen molar-refractivity contribution >= 4 is 39.3 Å². The Labute approximate surface area is 227 Å². The second kappa shape index (κ2) is 10.6. The number of aromatic nitrogens is 1. The molecule has 5 rings (SSSR count). The molecule has 2 amide bonds. The SMILES string of the molecule is N#Cc1cccc(-c2ncc(C(=O)N3CCN(C(=O)c4ccc(Br)cc4)C(c4ccc(Cl)cc4)C3)o2)c1. The van der Waals surface area contributed by atoms with Gasteiger partial charge in [-0.25, -0.2) is 4.98 Å². The van der Waals surface area contributed by atoms with Gasteiger partial charge in [0.2, 0.25) is 11.7 Å². The molecule has 1 saturated heterocycles. The summed E-state index contributed by atoms with van der Waals surface area (Å²) < 4.78 is 6.67. The number of rotatable bonds is 4. The van der Waals surface area contributed by atoms with Gasteiger partial charge in [0.05, 0.1) is 23.9 Å². The van der Waals surface area contributed by atoms with Crippen LogP contribution in [-0.2, 0) is 0 Å². The van der Waals surface area contributed by atoms with Crippen LogP contribution in [0.25, 0.3) is 11.5 Å². The van der Waals surface area contributed by atoms with Gasteiger partial charge < -0.3 is 14.2 Å². The Morgan fingerprint density at radius 2 is 1.78 bits per heavy atom. The van der Waals surface area contributed by atoms with Crippen molar-refractivity contribution in [3.05, 3.63) is 111 Å². The van der Waals surface area contributed by atoms with Crippen LogP contribution in [0.4, 0.5) is 0 Å². The van der Waals surface area contributed by atoms with Gasteiger partial charge in [0.15, 0.2) is 0 Å². The summed E-state index contributed by atoms with van der Waals surface area (Å²) in [6.45, 7) is 0.965. The Balaban J connectivity index is 1.40. The quantitative estimate of drug-likeness (QED) is 0.299. The maximum atomic E-state index is 13.5. The Morgan fingerprint density at radius 1 is 1.03 bits per heavy atom. The predicted octanol–water partition coefficient (Wildman–Crippen LogP) is 5.97. The summed E-state index contributed by atoms with van der Waals surface area (Å²) in [4.78, 5) is 34.5. The number of carbonyl (C=O) groups excluding carboxylic acids is 2. The molecule has 0 aliphatic carbocycles. The monoisotopic (exact) mass is 574 g/mol. The number of carbonyl (C=O) groups is 2. The van der Waals surface area contributed by atoms with Gasteiger partial charge in [0, 0.05) is 40.3 Å². The van der Waals surface area contributed by atoms with Crippen LogP contribution in [0.5, 0.6) is 0 Å². The van der Waals surface area contributed by atoms with Crippen LogP contribution in [0.15, 0.2) is 87.9 Å². The summed E-state index contributed by atoms with van der Waals surface area (Å²) in [5.74, 6) is -0.0672. The average molecular weight is 576 g/mol. The minimum Gasteiger partial charge on any atom is -0.431 e. The molecule has 0 N–H and O–H groups in total. The highest BCUT2D eigenvalue weighted by Gasteiger charge is 2.35. The lowest BCUT2D eigenvalue weighted by Gasteiger charge is -2.41. The zero-order valence-electron chi connectivity index (χ0n) is 19.5. The lowest BCUT2D eigenvalue weighted by Crippen LogP contribution is -2.52. The van der Waals surface area contributed by atoms with Gasteiger partial charge >= 0.3 is 0 Å². The fourth-order valence-electron chi connectivity index (χ4n) is 4.32. The summed E-state index contributed by atoms with van der Waals surface area (Å²) >= 11 is 9.51. The number of oxazole rings is 1. The average Bonchev–Trinajstić information content (AvgIpc) is 3.43. The third-order valence-electron chi connectivity index (χ3n) is 6.23. The number of nitriles is 1. The first kappa shape index (κ1) is 24.8. The number of hydrogen-bond acceptors (Lipinski definition) is 5. The minimum absolute atomic E-state index is 0.0971. The van der Waals surface area contributed by atoms with E-state index in [1.165, 1.54) is 6.20 Å². The molecule has 9 heteroatoms. The number of hydrogen-bond donors (Lipinski definition) is 0. The number of halogens is 2. The van der Waals surface area contributed by atoms with Gasteiger partial charge in [-0.3, -0.25) is 9.59 Å². The molecule has 1 aromatic heterocycles. The van der Waals surface area contributed by atoms with E-state index >= 15 is 0 Å². The van der Waals surface area contributed by atoms with Crippen LogP contribution < -0.4 is 0 Å². The molecule has 0 saturated carbocycles. The molecule has 184 valence electrons. The van der Waals surface area contributed by atoms with Gasteiger partial charge in [0.1, 0.15) is 0 Å². The molecular formula is C28H20BrClN4O3. The first-order valence-electron chi connectivity index (χ1n) is 11.5. The molecule has 7 nitrogen and oxygen atoms in total. The zero-order chi connectivity index (χ0) is 25.9. The predicted molar refractivity (Wildman–Crippen MR) is 142 cm³/mol. The number of piperazine rings is 1. The Bertz CT molecular complexity index is 1500. The molecule has 4 aromatic rings. The summed E-state index contributed by atoms with van der Waals surface area (Å²) in [7, 11) is 0. The highest BCUT2D eigenvalue weighted by atomic mass is 79.9. The van der Waals surface area contributed by atoms with Crippen LogP contribution in [0.1, 0.15) is 38.1 Å². The largest absolute Gasteiger partial charge is 0.431 e. The number of amides is 2. The molecule has 37 heavy (non-hydrogen) atoms. The van der Waals surface area contributed by atoms with Crippen LogP contribution in [0, 0.1) is 11.3 Å². The maximum absolute atomic E-state index is 13.5. The number of nitrogens with zero attached hydrogens (tertiary/aromatic N) is 4. The molecule has 1 fully saturated rings. The van der Waals surface area contributed by atoms with E-state index in [-0.39, 0.29) is 36.1 Å². The third kappa shape index (κ3) is 5.29. The maximum Gasteiger partial charge on any atom is 0.291 e. The van der Waals surface area contributed by atoms with Crippen molar-refractivity contribution in [3.63, 3.8) is 0 Å². The summed E-state index contributed by atoms with van der Waals surface area (Å²) in [6.07, 6.45) is 1.40. The lowest BCUT2D eigenvalue weighted by molar-refractivity contribution is 0.0369. The second-order valence-electron chi connectivity index (χ2n) is 8.55. The van der Waals surface area contributed by atoms with Crippen molar-refractivity contribution < 1.29 is 14.0 Å². The van der Waals surface area contributed by atoms with Crippen LogP contribution in [0.2, 0.25) is 5.02 Å². The van der Waals surface area contributed by atoms with Crippen LogP contribution >= 0.6 is 27.5 Å². The molecule has 1 aliphatic rings. The van der Waals surface area contributed by atoms with E-state index in [9.17, 15) is 9.59 Å². The second-order valence-corrected chi connectivity index (χ2v) is 9.90. The normalized spacial score (nSPS) is 15.3. The van der Waals surface area contributed by atoms with Gasteiger partial charge in [-0.15, -0.1) is 0 Å². The fourth-order valence-corrected chi connectivity index (χ4v) is 4.71. The first-order valence-corrected chi connectivity index (χ1v) is 12.7. The van der Waals surface area contributed by atoms with E-state index in [2.05, 4.69) is 27.0 Å². The third-order valence-corrected chi connectivity index (χ3v) is 7.01. The fraction of sp³-hybridized carbons (Fsp3) is 0.143. The summed E-state index contributed by atoms with van der Waals surface area (Å²) in [6, 6.07) is 23.1. The highest BCUT2D eigenvalue weighted by molar-refractivity contribution is 9.10. The number of benzene rings is 3. The summed E-state index contributed by atoms with van der Waals surface area (Å²) in [5.41, 5.74) is 2.53. The van der Waals surface area contributed by atoms with Gasteiger partial charge in [-0.05, 0) is 60.2 Å². The topological polar surface area (TPSA) is 90.4 Å². The Hall–Kier alpha value is -3.93. The zero-order valence-corrected chi connectivity index (χ0v) is 21.8. The summed E-state index contributed by atoms with van der Waals surface area (Å²) in [5, 5.41) is 9.74. The van der Waals surface area contributed by atoms with E-state index in [1.54, 1.807) is 58.3 Å². The molecule has 1 unspecified atom stereocenters. The van der Waals surface area contributed by atoms with Gasteiger partial charge in [-0.1, -0.05) is 45.7 Å². The van der Waals surface area contributed by atoms with Gasteiger partial charge in [-0.2, -0.15) is 5.26 Å². The van der Waals surface area contributed by atoms with Crippen LogP contribution in [-0.4, -0.2) is 46.2 Å². The van der Waals surface area contributed by atoms with Crippen molar-refractivity contribution in [1.82, 2.24) is 14.8 Å². The van der Waals surface area contributed by atoms with Crippen molar-refractivity contribution in [1.29, 1.82) is 5.26 Å². The standard InChI is InChI=1S/C28H20BrClN4O3/c29-22-8-4-20(5-9-22)27(35)34-13-12-33(17-24(34)19-6-10-23(30)11-7-19)28(36)25-16-32-26(37-25)21-3-1-2-18(14-21)15-31/h1-11,14,16,24H,12-13,17H2. The minimum atomic E-state index is -0.374. The molecular weight excluding hydrogens is 556 g/mol. The lowest BCUT2D eigenvalue weighted by atomic mass is 10.0. The van der Waals surface area contributed by atoms with Crippen LogP contribution in [0.3, 0.4) is 0 Å². The molecule has 2 heterocycles. The van der Waals surface area contributed by atoms with Crippen molar-refractivity contribution in [3.8, 4) is 17.5 Å². The van der Waals surface area contributed by atoms with Crippen molar-refractivity contribution in [2.24, 2.45) is 0 Å². The van der Waals surface area contributed by atoms with E-state index in [0.29, 0.717) is 34.8 Å². The van der Waals surface area contributed by atoms with E-state index < -0.39 is 0 Å². The molecule has 0 radical (unpaired) electrons. The highest BCUT2D eigenvalue weighted by Crippen LogP contribution is 2.30. The Morgan fingerprint density at radius 3 is 2.51 bits per heavy atom. The smallest absolute Gasteiger partial charge is 0.291 e. The van der Waals surface area contributed by atoms with Gasteiger partial charge in [0.25, 0.3) is 11.8 Å². The Kier molecular flexibility index (Phi) is 7.08. The molecule has 3 aromatic carbocycles. The van der Waals surface area contributed by atoms with Crippen molar-refractivity contribution in [2.45, 2.75) is 6.04 Å². The molecule has 0 spiro atoms. The van der Waals surface area contributed by atoms with E-state index in [1.807, 2.05) is 24.3 Å². The molecule has 0 bridgehead atoms. The van der Waals surface area contributed by atoms with E-state index in [4.69, 9.17) is 21.3 Å². The molecule has 1 atom stereocenters. The van der Waals surface area contributed by atoms with E-state index in [0.717, 1.165) is 10.0 Å². The van der Waals surface area contributed by atoms with Crippen molar-refractivity contribution in [2.75, 3.05) is 19.6 Å².